The highest BCUT2D eigenvalue weighted by atomic mass is 19.4. The number of aryl methyl sites for hydroxylation is 1. The molecular weight excluding hydrogens is 234 g/mol. The third-order valence-corrected chi connectivity index (χ3v) is 2.61. The van der Waals surface area contributed by atoms with Crippen LogP contribution in [0.15, 0.2) is 12.1 Å². The first-order valence-corrected chi connectivity index (χ1v) is 5.32. The largest absolute Gasteiger partial charge is 0.419 e. The Labute approximate surface area is 97.6 Å². The van der Waals surface area contributed by atoms with E-state index >= 15 is 0 Å². The van der Waals surface area contributed by atoms with Gasteiger partial charge in [0.25, 0.3) is 0 Å². The van der Waals surface area contributed by atoms with Crippen LogP contribution in [0, 0.1) is 18.7 Å². The van der Waals surface area contributed by atoms with Crippen LogP contribution in [0.4, 0.5) is 17.6 Å². The zero-order valence-corrected chi connectivity index (χ0v) is 9.74. The summed E-state index contributed by atoms with van der Waals surface area (Å²) in [5.74, 6) is -1.12. The van der Waals surface area contributed by atoms with E-state index in [1.807, 2.05) is 6.92 Å². The van der Waals surface area contributed by atoms with E-state index in [4.69, 9.17) is 5.73 Å². The fourth-order valence-corrected chi connectivity index (χ4v) is 1.65. The molecule has 1 nitrogen and oxygen atoms in total. The summed E-state index contributed by atoms with van der Waals surface area (Å²) in [6.45, 7) is 3.56. The quantitative estimate of drug-likeness (QED) is 0.817. The molecular formula is C12H15F4N. The van der Waals surface area contributed by atoms with Crippen molar-refractivity contribution < 1.29 is 17.6 Å². The Hall–Kier alpha value is -1.10. The van der Waals surface area contributed by atoms with E-state index in [1.165, 1.54) is 13.0 Å². The molecule has 0 saturated carbocycles. The lowest BCUT2D eigenvalue weighted by molar-refractivity contribution is -0.140. The predicted octanol–water partition coefficient (Wildman–Crippen LogP) is 3.29. The van der Waals surface area contributed by atoms with Crippen molar-refractivity contribution in [2.75, 3.05) is 6.54 Å². The van der Waals surface area contributed by atoms with Gasteiger partial charge in [0.2, 0.25) is 0 Å². The van der Waals surface area contributed by atoms with Crippen molar-refractivity contribution >= 4 is 0 Å². The van der Waals surface area contributed by atoms with Crippen LogP contribution in [0.1, 0.15) is 23.6 Å². The predicted molar refractivity (Wildman–Crippen MR) is 58.1 cm³/mol. The Morgan fingerprint density at radius 3 is 2.35 bits per heavy atom. The lowest BCUT2D eigenvalue weighted by Crippen LogP contribution is -2.15. The van der Waals surface area contributed by atoms with E-state index < -0.39 is 17.6 Å². The van der Waals surface area contributed by atoms with Crippen molar-refractivity contribution in [2.24, 2.45) is 11.7 Å². The van der Waals surface area contributed by atoms with Gasteiger partial charge in [0, 0.05) is 0 Å². The normalized spacial score (nSPS) is 13.8. The van der Waals surface area contributed by atoms with Gasteiger partial charge in [-0.25, -0.2) is 4.39 Å². The SMILES string of the molecule is Cc1cc(CC(C)CN)cc(C(F)(F)F)c1F. The molecule has 1 aromatic carbocycles. The van der Waals surface area contributed by atoms with Gasteiger partial charge in [-0.2, -0.15) is 13.2 Å². The second-order valence-corrected chi connectivity index (χ2v) is 4.32. The van der Waals surface area contributed by atoms with Crippen molar-refractivity contribution in [3.8, 4) is 0 Å². The van der Waals surface area contributed by atoms with Crippen molar-refractivity contribution in [1.29, 1.82) is 0 Å². The summed E-state index contributed by atoms with van der Waals surface area (Å²) in [6, 6.07) is 2.31. The Morgan fingerprint density at radius 2 is 1.88 bits per heavy atom. The Balaban J connectivity index is 3.15. The van der Waals surface area contributed by atoms with Crippen molar-refractivity contribution in [1.82, 2.24) is 0 Å². The molecule has 0 fully saturated rings. The molecule has 0 aromatic heterocycles. The Kier molecular flexibility index (Phi) is 4.14. The number of hydrogen-bond acceptors (Lipinski definition) is 1. The third kappa shape index (κ3) is 3.43. The summed E-state index contributed by atoms with van der Waals surface area (Å²) in [5, 5.41) is 0. The summed E-state index contributed by atoms with van der Waals surface area (Å²) >= 11 is 0. The fourth-order valence-electron chi connectivity index (χ4n) is 1.65. The average Bonchev–Trinajstić information content (AvgIpc) is 2.21. The molecule has 1 aromatic rings. The maximum Gasteiger partial charge on any atom is 0.419 e. The molecule has 0 heterocycles. The van der Waals surface area contributed by atoms with Gasteiger partial charge in [-0.3, -0.25) is 0 Å². The van der Waals surface area contributed by atoms with E-state index in [-0.39, 0.29) is 11.5 Å². The molecule has 0 aliphatic carbocycles. The van der Waals surface area contributed by atoms with Crippen molar-refractivity contribution in [2.45, 2.75) is 26.4 Å². The van der Waals surface area contributed by atoms with Crippen LogP contribution >= 0.6 is 0 Å². The minimum absolute atomic E-state index is 0.0130. The standard InChI is InChI=1S/C12H15F4N/c1-7(6-17)3-9-4-8(2)11(13)10(5-9)12(14,15)16/h4-5,7H,3,6,17H2,1-2H3. The summed E-state index contributed by atoms with van der Waals surface area (Å²) in [7, 11) is 0. The van der Waals surface area contributed by atoms with Crippen LogP contribution in [0.3, 0.4) is 0 Å². The number of halogens is 4. The zero-order chi connectivity index (χ0) is 13.2. The highest BCUT2D eigenvalue weighted by Gasteiger charge is 2.35. The fraction of sp³-hybridized carbons (Fsp3) is 0.500. The first-order valence-electron chi connectivity index (χ1n) is 5.32. The second-order valence-electron chi connectivity index (χ2n) is 4.32. The molecule has 1 unspecified atom stereocenters. The van der Waals surface area contributed by atoms with E-state index in [0.717, 1.165) is 6.07 Å². The van der Waals surface area contributed by atoms with Gasteiger partial charge in [0.15, 0.2) is 0 Å². The monoisotopic (exact) mass is 249 g/mol. The maximum atomic E-state index is 13.4. The minimum Gasteiger partial charge on any atom is -0.330 e. The van der Waals surface area contributed by atoms with E-state index in [1.54, 1.807) is 0 Å². The Morgan fingerprint density at radius 1 is 1.29 bits per heavy atom. The second kappa shape index (κ2) is 5.04. The van der Waals surface area contributed by atoms with E-state index in [2.05, 4.69) is 0 Å². The molecule has 5 heteroatoms. The molecule has 0 bridgehead atoms. The van der Waals surface area contributed by atoms with Crippen molar-refractivity contribution in [3.63, 3.8) is 0 Å². The van der Waals surface area contributed by atoms with Gasteiger partial charge >= 0.3 is 6.18 Å². The summed E-state index contributed by atoms with van der Waals surface area (Å²) in [5.41, 5.74) is 4.70. The summed E-state index contributed by atoms with van der Waals surface area (Å²) in [4.78, 5) is 0. The maximum absolute atomic E-state index is 13.4. The molecule has 0 radical (unpaired) electrons. The number of rotatable bonds is 3. The molecule has 0 saturated heterocycles. The van der Waals surface area contributed by atoms with E-state index in [9.17, 15) is 17.6 Å². The summed E-state index contributed by atoms with van der Waals surface area (Å²) in [6.07, 6.45) is -4.24. The van der Waals surface area contributed by atoms with Crippen LogP contribution in [-0.2, 0) is 12.6 Å². The van der Waals surface area contributed by atoms with Gasteiger partial charge in [0.1, 0.15) is 5.82 Å². The molecule has 0 aliphatic rings. The topological polar surface area (TPSA) is 26.0 Å². The van der Waals surface area contributed by atoms with Crippen LogP contribution < -0.4 is 5.73 Å². The van der Waals surface area contributed by atoms with Gasteiger partial charge in [0.05, 0.1) is 5.56 Å². The van der Waals surface area contributed by atoms with Crippen LogP contribution in [0.5, 0.6) is 0 Å². The smallest absolute Gasteiger partial charge is 0.330 e. The van der Waals surface area contributed by atoms with Gasteiger partial charge in [-0.05, 0) is 43.0 Å². The zero-order valence-electron chi connectivity index (χ0n) is 9.74. The Bertz CT molecular complexity index is 398. The molecule has 1 atom stereocenters. The average molecular weight is 249 g/mol. The van der Waals surface area contributed by atoms with Gasteiger partial charge < -0.3 is 5.73 Å². The molecule has 1 rings (SSSR count). The lowest BCUT2D eigenvalue weighted by Gasteiger charge is -2.14. The highest BCUT2D eigenvalue weighted by Crippen LogP contribution is 2.33. The van der Waals surface area contributed by atoms with Gasteiger partial charge in [-0.15, -0.1) is 0 Å². The van der Waals surface area contributed by atoms with Crippen LogP contribution in [0.25, 0.3) is 0 Å². The first kappa shape index (κ1) is 14.0. The number of benzene rings is 1. The number of alkyl halides is 3. The van der Waals surface area contributed by atoms with Crippen LogP contribution in [-0.4, -0.2) is 6.54 Å². The third-order valence-electron chi connectivity index (χ3n) is 2.61. The molecule has 96 valence electrons. The van der Waals surface area contributed by atoms with Crippen molar-refractivity contribution in [3.05, 3.63) is 34.6 Å². The van der Waals surface area contributed by atoms with Gasteiger partial charge in [-0.1, -0.05) is 13.0 Å². The van der Waals surface area contributed by atoms with E-state index in [0.29, 0.717) is 18.5 Å². The number of nitrogens with two attached hydrogens (primary N) is 1. The number of hydrogen-bond donors (Lipinski definition) is 1. The highest BCUT2D eigenvalue weighted by molar-refractivity contribution is 5.33. The first-order chi connectivity index (χ1) is 7.75. The lowest BCUT2D eigenvalue weighted by atomic mass is 9.97. The minimum atomic E-state index is -4.66. The molecule has 2 N–H and O–H groups in total. The molecule has 17 heavy (non-hydrogen) atoms. The molecule has 0 aliphatic heterocycles. The molecule has 0 spiro atoms. The molecule has 0 amide bonds. The summed E-state index contributed by atoms with van der Waals surface area (Å²) < 4.78 is 51.0. The van der Waals surface area contributed by atoms with Crippen LogP contribution in [0.2, 0.25) is 0 Å².